The lowest BCUT2D eigenvalue weighted by atomic mass is 9.94. The predicted molar refractivity (Wildman–Crippen MR) is 192 cm³/mol. The molecule has 252 valence electrons. The molecule has 8 nitrogen and oxygen atoms in total. The highest BCUT2D eigenvalue weighted by Gasteiger charge is 2.36. The van der Waals surface area contributed by atoms with Gasteiger partial charge in [0.25, 0.3) is 10.0 Å². The van der Waals surface area contributed by atoms with E-state index in [2.05, 4.69) is 21.2 Å². The molecule has 0 spiro atoms. The second kappa shape index (κ2) is 16.3. The minimum Gasteiger partial charge on any atom is -0.495 e. The van der Waals surface area contributed by atoms with E-state index in [4.69, 9.17) is 4.74 Å². The predicted octanol–water partition coefficient (Wildman–Crippen LogP) is 7.05. The van der Waals surface area contributed by atoms with Crippen LogP contribution in [0.1, 0.15) is 48.8 Å². The highest BCUT2D eigenvalue weighted by atomic mass is 79.9. The number of nitrogens with zero attached hydrogens (tertiary/aromatic N) is 2. The summed E-state index contributed by atoms with van der Waals surface area (Å²) in [5.41, 5.74) is 2.74. The van der Waals surface area contributed by atoms with E-state index in [0.29, 0.717) is 5.75 Å². The Labute approximate surface area is 292 Å². The van der Waals surface area contributed by atoms with Crippen LogP contribution < -0.4 is 14.4 Å². The zero-order valence-electron chi connectivity index (χ0n) is 27.3. The molecule has 4 aromatic rings. The van der Waals surface area contributed by atoms with Crippen LogP contribution in [0.25, 0.3) is 0 Å². The molecule has 5 rings (SSSR count). The summed E-state index contributed by atoms with van der Waals surface area (Å²) in [6.45, 7) is 1.41. The van der Waals surface area contributed by atoms with Gasteiger partial charge >= 0.3 is 0 Å². The number of nitrogens with one attached hydrogen (secondary N) is 1. The molecule has 0 bridgehead atoms. The number of rotatable bonds is 13. The third-order valence-corrected chi connectivity index (χ3v) is 11.0. The maximum absolute atomic E-state index is 14.8. The van der Waals surface area contributed by atoms with Gasteiger partial charge in [-0.05, 0) is 72.9 Å². The maximum atomic E-state index is 14.8. The minimum absolute atomic E-state index is 0.0284. The fourth-order valence-corrected chi connectivity index (χ4v) is 7.81. The molecule has 1 fully saturated rings. The van der Waals surface area contributed by atoms with Crippen molar-refractivity contribution in [2.45, 2.75) is 69.0 Å². The monoisotopic (exact) mass is 731 g/mol. The molecule has 0 radical (unpaired) electrons. The van der Waals surface area contributed by atoms with Crippen molar-refractivity contribution < 1.29 is 22.7 Å². The van der Waals surface area contributed by atoms with E-state index in [1.165, 1.54) is 24.1 Å². The van der Waals surface area contributed by atoms with Gasteiger partial charge < -0.3 is 15.0 Å². The van der Waals surface area contributed by atoms with Gasteiger partial charge in [-0.25, -0.2) is 8.42 Å². The SMILES string of the molecule is COc1ccc(C)cc1N(CC(=O)N(Cc1ccc(Br)cc1)[C@H](Cc1ccccc1)C(=O)NC1CCCCC1)S(=O)(=O)c1ccccc1. The summed E-state index contributed by atoms with van der Waals surface area (Å²) in [4.78, 5) is 30.6. The number of sulfonamides is 1. The second-order valence-corrected chi connectivity index (χ2v) is 15.0. The van der Waals surface area contributed by atoms with Crippen molar-refractivity contribution in [1.82, 2.24) is 10.2 Å². The van der Waals surface area contributed by atoms with Crippen LogP contribution in [0.15, 0.2) is 112 Å². The van der Waals surface area contributed by atoms with Gasteiger partial charge in [-0.15, -0.1) is 0 Å². The van der Waals surface area contributed by atoms with Gasteiger partial charge in [0.1, 0.15) is 18.3 Å². The Kier molecular flexibility index (Phi) is 11.9. The quantitative estimate of drug-likeness (QED) is 0.159. The van der Waals surface area contributed by atoms with Gasteiger partial charge in [-0.3, -0.25) is 13.9 Å². The number of methoxy groups -OCH3 is 1. The molecule has 1 atom stereocenters. The normalized spacial score (nSPS) is 14.1. The van der Waals surface area contributed by atoms with E-state index >= 15 is 0 Å². The second-order valence-electron chi connectivity index (χ2n) is 12.2. The molecule has 48 heavy (non-hydrogen) atoms. The van der Waals surface area contributed by atoms with E-state index < -0.39 is 28.5 Å². The number of hydrogen-bond acceptors (Lipinski definition) is 5. The van der Waals surface area contributed by atoms with E-state index in [9.17, 15) is 18.0 Å². The number of anilines is 1. The Bertz CT molecular complexity index is 1780. The molecule has 0 saturated heterocycles. The fourth-order valence-electron chi connectivity index (χ4n) is 6.11. The maximum Gasteiger partial charge on any atom is 0.264 e. The standard InChI is InChI=1S/C38H42BrN3O5S/c1-28-18-23-36(47-2)34(24-28)42(48(45,46)33-16-10-5-11-17-33)27-37(43)41(26-30-19-21-31(39)22-20-30)35(25-29-12-6-3-7-13-29)38(44)40-32-14-8-4-9-15-32/h3,5-7,10-13,16-24,32,35H,4,8-9,14-15,25-27H2,1-2H3,(H,40,44)/t35-/m1/s1. The molecule has 0 heterocycles. The van der Waals surface area contributed by atoms with Gasteiger partial charge in [0.15, 0.2) is 0 Å². The van der Waals surface area contributed by atoms with E-state index in [1.54, 1.807) is 30.3 Å². The zero-order chi connectivity index (χ0) is 34.1. The molecular formula is C38H42BrN3O5S. The van der Waals surface area contributed by atoms with Crippen LogP contribution in [0.4, 0.5) is 5.69 Å². The Morgan fingerprint density at radius 1 is 0.875 bits per heavy atom. The van der Waals surface area contributed by atoms with Crippen molar-refractivity contribution in [3.8, 4) is 5.75 Å². The molecule has 0 aromatic heterocycles. The van der Waals surface area contributed by atoms with Gasteiger partial charge in [-0.1, -0.05) is 102 Å². The van der Waals surface area contributed by atoms with Gasteiger partial charge in [-0.2, -0.15) is 0 Å². The number of amides is 2. The smallest absolute Gasteiger partial charge is 0.264 e. The lowest BCUT2D eigenvalue weighted by molar-refractivity contribution is -0.140. The van der Waals surface area contributed by atoms with Crippen molar-refractivity contribution in [1.29, 1.82) is 0 Å². The van der Waals surface area contributed by atoms with Gasteiger partial charge in [0, 0.05) is 23.5 Å². The Morgan fingerprint density at radius 3 is 2.17 bits per heavy atom. The number of aryl methyl sites for hydroxylation is 1. The lowest BCUT2D eigenvalue weighted by Gasteiger charge is -2.35. The number of ether oxygens (including phenoxy) is 1. The first kappa shape index (κ1) is 35.2. The van der Waals surface area contributed by atoms with Crippen LogP contribution in [0.5, 0.6) is 5.75 Å². The molecule has 10 heteroatoms. The first-order valence-electron chi connectivity index (χ1n) is 16.3. The Hall–Kier alpha value is -4.15. The van der Waals surface area contributed by atoms with Crippen molar-refractivity contribution in [2.75, 3.05) is 18.0 Å². The number of halogens is 1. The van der Waals surface area contributed by atoms with Crippen LogP contribution in [0, 0.1) is 6.92 Å². The van der Waals surface area contributed by atoms with Crippen LogP contribution in [-0.2, 0) is 32.6 Å². The summed E-state index contributed by atoms with van der Waals surface area (Å²) in [6, 6.07) is 29.5. The molecule has 4 aromatic carbocycles. The highest BCUT2D eigenvalue weighted by molar-refractivity contribution is 9.10. The third kappa shape index (κ3) is 8.85. The summed E-state index contributed by atoms with van der Waals surface area (Å²) < 4.78 is 36.3. The fraction of sp³-hybridized carbons (Fsp3) is 0.316. The molecule has 0 unspecified atom stereocenters. The van der Waals surface area contributed by atoms with Crippen LogP contribution in [-0.4, -0.2) is 50.9 Å². The van der Waals surface area contributed by atoms with Gasteiger partial charge in [0.05, 0.1) is 17.7 Å². The summed E-state index contributed by atoms with van der Waals surface area (Å²) >= 11 is 3.48. The lowest BCUT2D eigenvalue weighted by Crippen LogP contribution is -2.55. The van der Waals surface area contributed by atoms with Crippen molar-refractivity contribution >= 4 is 43.5 Å². The number of benzene rings is 4. The van der Waals surface area contributed by atoms with E-state index in [-0.39, 0.29) is 35.5 Å². The number of hydrogen-bond donors (Lipinski definition) is 1. The minimum atomic E-state index is -4.24. The largest absolute Gasteiger partial charge is 0.495 e. The summed E-state index contributed by atoms with van der Waals surface area (Å²) in [5, 5.41) is 3.24. The van der Waals surface area contributed by atoms with Crippen molar-refractivity contribution in [2.24, 2.45) is 0 Å². The van der Waals surface area contributed by atoms with Crippen molar-refractivity contribution in [3.05, 3.63) is 124 Å². The number of carbonyl (C=O) groups is 2. The molecular weight excluding hydrogens is 690 g/mol. The van der Waals surface area contributed by atoms with Crippen LogP contribution >= 0.6 is 15.9 Å². The third-order valence-electron chi connectivity index (χ3n) is 8.70. The first-order chi connectivity index (χ1) is 23.2. The average molecular weight is 733 g/mol. The highest BCUT2D eigenvalue weighted by Crippen LogP contribution is 2.34. The molecule has 1 saturated carbocycles. The first-order valence-corrected chi connectivity index (χ1v) is 18.5. The average Bonchev–Trinajstić information content (AvgIpc) is 3.10. The van der Waals surface area contributed by atoms with Crippen LogP contribution in [0.3, 0.4) is 0 Å². The van der Waals surface area contributed by atoms with Crippen LogP contribution in [0.2, 0.25) is 0 Å². The summed E-state index contributed by atoms with van der Waals surface area (Å²) in [5.74, 6) is -0.453. The molecule has 2 amide bonds. The Morgan fingerprint density at radius 2 is 1.52 bits per heavy atom. The molecule has 1 aliphatic carbocycles. The molecule has 1 aliphatic rings. The van der Waals surface area contributed by atoms with E-state index in [1.807, 2.05) is 67.6 Å². The molecule has 0 aliphatic heterocycles. The Balaban J connectivity index is 1.59. The van der Waals surface area contributed by atoms with Gasteiger partial charge in [0.2, 0.25) is 11.8 Å². The van der Waals surface area contributed by atoms with Crippen molar-refractivity contribution in [3.63, 3.8) is 0 Å². The molecule has 1 N–H and O–H groups in total. The summed E-state index contributed by atoms with van der Waals surface area (Å²) in [6.07, 6.45) is 5.27. The zero-order valence-corrected chi connectivity index (χ0v) is 29.8. The number of carbonyl (C=O) groups excluding carboxylic acids is 2. The van der Waals surface area contributed by atoms with E-state index in [0.717, 1.165) is 57.6 Å². The topological polar surface area (TPSA) is 96.0 Å². The summed E-state index contributed by atoms with van der Waals surface area (Å²) in [7, 11) is -2.77.